The Kier molecular flexibility index (Phi) is 6.26. The molecule has 0 aliphatic rings. The predicted octanol–water partition coefficient (Wildman–Crippen LogP) is 5.48. The smallest absolute Gasteiger partial charge is 0.251 e. The van der Waals surface area contributed by atoms with Crippen LogP contribution in [0.5, 0.6) is 0 Å². The zero-order chi connectivity index (χ0) is 23.3. The number of nitrogens with one attached hydrogen (secondary N) is 1. The van der Waals surface area contributed by atoms with E-state index in [0.717, 1.165) is 5.56 Å². The fourth-order valence-corrected chi connectivity index (χ4v) is 4.28. The number of benzene rings is 2. The van der Waals surface area contributed by atoms with Gasteiger partial charge in [-0.1, -0.05) is 23.9 Å². The highest BCUT2D eigenvalue weighted by Crippen LogP contribution is 2.30. The van der Waals surface area contributed by atoms with Crippen molar-refractivity contribution in [3.63, 3.8) is 0 Å². The molecule has 0 bridgehead atoms. The quantitative estimate of drug-likeness (QED) is 0.300. The lowest BCUT2D eigenvalue weighted by Gasteiger charge is -2.10. The summed E-state index contributed by atoms with van der Waals surface area (Å²) in [5.74, 6) is 1.80. The van der Waals surface area contributed by atoms with Crippen LogP contribution in [0.3, 0.4) is 0 Å². The maximum Gasteiger partial charge on any atom is 0.251 e. The lowest BCUT2D eigenvalue weighted by molar-refractivity contribution is 0.0948. The predicted molar refractivity (Wildman–Crippen MR) is 125 cm³/mol. The molecule has 9 heteroatoms. The van der Waals surface area contributed by atoms with Gasteiger partial charge in [0.15, 0.2) is 10.9 Å². The second-order valence-corrected chi connectivity index (χ2v) is 8.29. The molecule has 0 radical (unpaired) electrons. The Balaban J connectivity index is 1.35. The number of carbonyl (C=O) groups excluding carboxylic acids is 1. The van der Waals surface area contributed by atoms with Crippen molar-refractivity contribution >= 4 is 17.7 Å². The number of hydrogen-bond donors (Lipinski definition) is 1. The summed E-state index contributed by atoms with van der Waals surface area (Å²) in [6.45, 7) is 0.321. The van der Waals surface area contributed by atoms with Gasteiger partial charge in [-0.05, 0) is 66.2 Å². The first-order chi connectivity index (χ1) is 16.7. The molecule has 3 aromatic heterocycles. The number of aromatic nitrogens is 3. The Labute approximate surface area is 198 Å². The van der Waals surface area contributed by atoms with E-state index in [2.05, 4.69) is 15.5 Å². The summed E-state index contributed by atoms with van der Waals surface area (Å²) in [6, 6.07) is 20.7. The molecule has 2 aromatic carbocycles. The van der Waals surface area contributed by atoms with Gasteiger partial charge in [0.2, 0.25) is 5.82 Å². The van der Waals surface area contributed by atoms with E-state index in [-0.39, 0.29) is 11.7 Å². The second-order valence-electron chi connectivity index (χ2n) is 7.35. The summed E-state index contributed by atoms with van der Waals surface area (Å²) in [6.07, 6.45) is 3.13. The van der Waals surface area contributed by atoms with Crippen molar-refractivity contribution in [2.45, 2.75) is 17.5 Å². The van der Waals surface area contributed by atoms with Gasteiger partial charge in [0.1, 0.15) is 11.6 Å². The summed E-state index contributed by atoms with van der Waals surface area (Å²) in [4.78, 5) is 12.5. The van der Waals surface area contributed by atoms with Crippen molar-refractivity contribution in [1.29, 1.82) is 0 Å². The standard InChI is InChI=1S/C25H19FN4O3S/c26-19-8-10-20(11-9-19)30-23(22-7-3-13-33-22)28-29-25(30)34-16-17-4-1-5-18(14-17)24(31)27-15-21-6-2-12-32-21/h1-14H,15-16H2,(H,27,31). The van der Waals surface area contributed by atoms with E-state index in [4.69, 9.17) is 8.83 Å². The largest absolute Gasteiger partial charge is 0.467 e. The van der Waals surface area contributed by atoms with E-state index < -0.39 is 0 Å². The van der Waals surface area contributed by atoms with Crippen molar-refractivity contribution in [3.05, 3.63) is 108 Å². The van der Waals surface area contributed by atoms with Gasteiger partial charge in [0.25, 0.3) is 5.91 Å². The highest BCUT2D eigenvalue weighted by Gasteiger charge is 2.18. The molecule has 0 spiro atoms. The first-order valence-corrected chi connectivity index (χ1v) is 11.4. The van der Waals surface area contributed by atoms with E-state index in [1.165, 1.54) is 23.9 Å². The van der Waals surface area contributed by atoms with Crippen molar-refractivity contribution < 1.29 is 18.0 Å². The average molecular weight is 475 g/mol. The Bertz CT molecular complexity index is 1380. The van der Waals surface area contributed by atoms with Crippen LogP contribution in [0.25, 0.3) is 17.3 Å². The molecule has 3 heterocycles. The van der Waals surface area contributed by atoms with Gasteiger partial charge >= 0.3 is 0 Å². The third kappa shape index (κ3) is 4.79. The molecule has 0 saturated carbocycles. The number of halogens is 1. The molecule has 0 aliphatic carbocycles. The second kappa shape index (κ2) is 9.80. The van der Waals surface area contributed by atoms with Crippen molar-refractivity contribution in [2.24, 2.45) is 0 Å². The molecule has 0 unspecified atom stereocenters. The molecule has 34 heavy (non-hydrogen) atoms. The van der Waals surface area contributed by atoms with Crippen LogP contribution in [-0.4, -0.2) is 20.7 Å². The zero-order valence-corrected chi connectivity index (χ0v) is 18.7. The number of nitrogens with zero attached hydrogens (tertiary/aromatic N) is 3. The Morgan fingerprint density at radius 3 is 2.56 bits per heavy atom. The minimum Gasteiger partial charge on any atom is -0.467 e. The Morgan fingerprint density at radius 2 is 1.79 bits per heavy atom. The van der Waals surface area contributed by atoms with Crippen LogP contribution in [-0.2, 0) is 12.3 Å². The van der Waals surface area contributed by atoms with Gasteiger partial charge in [-0.15, -0.1) is 10.2 Å². The van der Waals surface area contributed by atoms with E-state index >= 15 is 0 Å². The molecule has 0 fully saturated rings. The van der Waals surface area contributed by atoms with E-state index in [9.17, 15) is 9.18 Å². The molecule has 0 atom stereocenters. The number of thioether (sulfide) groups is 1. The highest BCUT2D eigenvalue weighted by molar-refractivity contribution is 7.98. The first kappa shape index (κ1) is 21.7. The normalized spacial score (nSPS) is 11.0. The number of amides is 1. The highest BCUT2D eigenvalue weighted by atomic mass is 32.2. The third-order valence-electron chi connectivity index (χ3n) is 5.02. The summed E-state index contributed by atoms with van der Waals surface area (Å²) in [5.41, 5.74) is 2.22. The van der Waals surface area contributed by atoms with Crippen molar-refractivity contribution in [1.82, 2.24) is 20.1 Å². The fourth-order valence-electron chi connectivity index (χ4n) is 3.38. The number of rotatable bonds is 8. The van der Waals surface area contributed by atoms with Gasteiger partial charge in [0.05, 0.1) is 24.8 Å². The van der Waals surface area contributed by atoms with Gasteiger partial charge in [-0.2, -0.15) is 0 Å². The molecular formula is C25H19FN4O3S. The van der Waals surface area contributed by atoms with E-state index in [0.29, 0.717) is 46.0 Å². The maximum atomic E-state index is 13.5. The Morgan fingerprint density at radius 1 is 0.971 bits per heavy atom. The molecular weight excluding hydrogens is 455 g/mol. The topological polar surface area (TPSA) is 86.1 Å². The summed E-state index contributed by atoms with van der Waals surface area (Å²) >= 11 is 1.46. The summed E-state index contributed by atoms with van der Waals surface area (Å²) < 4.78 is 26.1. The van der Waals surface area contributed by atoms with Crippen LogP contribution in [0.4, 0.5) is 4.39 Å². The summed E-state index contributed by atoms with van der Waals surface area (Å²) in [5, 5.41) is 12.1. The minimum absolute atomic E-state index is 0.183. The summed E-state index contributed by atoms with van der Waals surface area (Å²) in [7, 11) is 0. The first-order valence-electron chi connectivity index (χ1n) is 10.4. The lowest BCUT2D eigenvalue weighted by Crippen LogP contribution is -2.22. The average Bonchev–Trinajstić information content (AvgIpc) is 3.64. The van der Waals surface area contributed by atoms with Crippen LogP contribution >= 0.6 is 11.8 Å². The maximum absolute atomic E-state index is 13.5. The van der Waals surface area contributed by atoms with Crippen LogP contribution in [0.15, 0.2) is 99.3 Å². The lowest BCUT2D eigenvalue weighted by atomic mass is 10.1. The Hall–Kier alpha value is -4.11. The van der Waals surface area contributed by atoms with Gasteiger partial charge in [0, 0.05) is 11.3 Å². The molecule has 7 nitrogen and oxygen atoms in total. The number of hydrogen-bond acceptors (Lipinski definition) is 6. The molecule has 0 saturated heterocycles. The van der Waals surface area contributed by atoms with Crippen LogP contribution in [0.1, 0.15) is 21.7 Å². The van der Waals surface area contributed by atoms with Gasteiger partial charge < -0.3 is 14.2 Å². The molecule has 170 valence electrons. The monoisotopic (exact) mass is 474 g/mol. The van der Waals surface area contributed by atoms with Crippen LogP contribution < -0.4 is 5.32 Å². The van der Waals surface area contributed by atoms with Crippen LogP contribution in [0, 0.1) is 5.82 Å². The molecule has 5 rings (SSSR count). The zero-order valence-electron chi connectivity index (χ0n) is 17.8. The van der Waals surface area contributed by atoms with E-state index in [1.54, 1.807) is 48.9 Å². The molecule has 5 aromatic rings. The minimum atomic E-state index is -0.326. The van der Waals surface area contributed by atoms with Gasteiger partial charge in [-0.3, -0.25) is 9.36 Å². The van der Waals surface area contributed by atoms with Crippen LogP contribution in [0.2, 0.25) is 0 Å². The van der Waals surface area contributed by atoms with Gasteiger partial charge in [-0.25, -0.2) is 4.39 Å². The molecule has 1 amide bonds. The number of furan rings is 2. The van der Waals surface area contributed by atoms with Crippen molar-refractivity contribution in [3.8, 4) is 17.3 Å². The molecule has 0 aliphatic heterocycles. The molecule has 1 N–H and O–H groups in total. The number of carbonyl (C=O) groups is 1. The van der Waals surface area contributed by atoms with E-state index in [1.807, 2.05) is 28.8 Å². The van der Waals surface area contributed by atoms with Crippen molar-refractivity contribution in [2.75, 3.05) is 0 Å². The third-order valence-corrected chi connectivity index (χ3v) is 6.02. The fraction of sp³-hybridized carbons (Fsp3) is 0.0800. The SMILES string of the molecule is O=C(NCc1ccco1)c1cccc(CSc2nnc(-c3ccco3)n2-c2ccc(F)cc2)c1.